The van der Waals surface area contributed by atoms with Crippen LogP contribution in [0.25, 0.3) is 0 Å². The average molecular weight is 567 g/mol. The van der Waals surface area contributed by atoms with Crippen LogP contribution in [0.15, 0.2) is 47.5 Å². The van der Waals surface area contributed by atoms with Gasteiger partial charge in [-0.1, -0.05) is 12.1 Å². The number of aliphatic imine (C=N–C) groups is 1. The van der Waals surface area contributed by atoms with E-state index in [2.05, 4.69) is 20.9 Å². The maximum absolute atomic E-state index is 12.6. The van der Waals surface area contributed by atoms with Gasteiger partial charge in [-0.05, 0) is 36.8 Å². The minimum atomic E-state index is -0.138. The van der Waals surface area contributed by atoms with Crippen LogP contribution in [0.3, 0.4) is 0 Å². The number of rotatable bonds is 7. The van der Waals surface area contributed by atoms with Crippen molar-refractivity contribution in [3.8, 4) is 11.5 Å². The van der Waals surface area contributed by atoms with Crippen molar-refractivity contribution in [3.63, 3.8) is 0 Å². The van der Waals surface area contributed by atoms with Crippen LogP contribution in [0.2, 0.25) is 0 Å². The number of ether oxygens (including phenoxy) is 2. The number of guanidine groups is 1. The number of methoxy groups -OCH3 is 1. The Morgan fingerprint density at radius 3 is 2.58 bits per heavy atom. The number of carbonyl (C=O) groups excluding carboxylic acids is 2. The fraction of sp³-hybridized carbons (Fsp3) is 0.348. The Morgan fingerprint density at radius 2 is 1.94 bits per heavy atom. The molecule has 1 heterocycles. The molecule has 1 saturated heterocycles. The Hall–Kier alpha value is -3.02. The molecule has 10 heteroatoms. The molecule has 1 aliphatic heterocycles. The van der Waals surface area contributed by atoms with Gasteiger partial charge in [-0.15, -0.1) is 24.0 Å². The molecule has 9 nitrogen and oxygen atoms in total. The number of benzene rings is 2. The summed E-state index contributed by atoms with van der Waals surface area (Å²) in [6.45, 7) is 4.11. The van der Waals surface area contributed by atoms with E-state index < -0.39 is 0 Å². The molecular weight excluding hydrogens is 537 g/mol. The Kier molecular flexibility index (Phi) is 10.2. The predicted molar refractivity (Wildman–Crippen MR) is 139 cm³/mol. The van der Waals surface area contributed by atoms with Crippen LogP contribution in [0.5, 0.6) is 11.5 Å². The molecule has 2 amide bonds. The Morgan fingerprint density at radius 1 is 1.18 bits per heavy atom. The highest BCUT2D eigenvalue weighted by atomic mass is 127. The van der Waals surface area contributed by atoms with Gasteiger partial charge in [0.25, 0.3) is 5.91 Å². The SMILES string of the molecule is CCOc1ccc(NC(=NC)NCc2ccc(C(=O)N3CCNC(=O)C3)cc2)cc1OC.I. The summed E-state index contributed by atoms with van der Waals surface area (Å²) in [5.41, 5.74) is 2.36. The zero-order chi connectivity index (χ0) is 22.9. The van der Waals surface area contributed by atoms with E-state index in [1.54, 1.807) is 31.2 Å². The Balaban J connectivity index is 0.00000385. The summed E-state index contributed by atoms with van der Waals surface area (Å²) in [5, 5.41) is 9.19. The molecule has 2 aromatic rings. The van der Waals surface area contributed by atoms with E-state index >= 15 is 0 Å². The first-order valence-corrected chi connectivity index (χ1v) is 10.5. The number of hydrogen-bond acceptors (Lipinski definition) is 5. The van der Waals surface area contributed by atoms with E-state index in [1.807, 2.05) is 37.3 Å². The standard InChI is InChI=1S/C23H29N5O4.HI/c1-4-32-19-10-9-18(13-20(19)31-3)27-23(24-2)26-14-16-5-7-17(8-6-16)22(30)28-12-11-25-21(29)15-28;/h5-10,13H,4,11-12,14-15H2,1-3H3,(H,25,29)(H2,24,26,27);1H. The highest BCUT2D eigenvalue weighted by Gasteiger charge is 2.22. The number of piperazine rings is 1. The average Bonchev–Trinajstić information content (AvgIpc) is 2.82. The second kappa shape index (κ2) is 12.9. The largest absolute Gasteiger partial charge is 0.493 e. The van der Waals surface area contributed by atoms with Gasteiger partial charge in [0.05, 0.1) is 20.3 Å². The molecule has 1 aliphatic rings. The number of carbonyl (C=O) groups is 2. The smallest absolute Gasteiger partial charge is 0.254 e. The molecule has 0 atom stereocenters. The quantitative estimate of drug-likeness (QED) is 0.270. The molecule has 0 aromatic heterocycles. The molecule has 33 heavy (non-hydrogen) atoms. The normalized spacial score (nSPS) is 13.5. The third-order valence-electron chi connectivity index (χ3n) is 4.94. The first kappa shape index (κ1) is 26.2. The molecule has 3 rings (SSSR count). The van der Waals surface area contributed by atoms with Crippen molar-refractivity contribution >= 4 is 47.4 Å². The maximum atomic E-state index is 12.6. The van der Waals surface area contributed by atoms with Crippen LogP contribution in [0.1, 0.15) is 22.8 Å². The molecule has 2 aromatic carbocycles. The first-order valence-electron chi connectivity index (χ1n) is 10.5. The molecular formula is C23H30IN5O4. The Labute approximate surface area is 210 Å². The number of anilines is 1. The maximum Gasteiger partial charge on any atom is 0.254 e. The summed E-state index contributed by atoms with van der Waals surface area (Å²) in [4.78, 5) is 29.9. The molecule has 0 unspecified atom stereocenters. The summed E-state index contributed by atoms with van der Waals surface area (Å²) in [6.07, 6.45) is 0. The molecule has 0 aliphatic carbocycles. The van der Waals surface area contributed by atoms with Crippen molar-refractivity contribution in [1.29, 1.82) is 0 Å². The van der Waals surface area contributed by atoms with Gasteiger partial charge in [-0.25, -0.2) is 0 Å². The number of hydrogen-bond donors (Lipinski definition) is 3. The van der Waals surface area contributed by atoms with E-state index in [0.29, 0.717) is 49.3 Å². The number of halogens is 1. The minimum absolute atomic E-state index is 0. The van der Waals surface area contributed by atoms with Crippen molar-refractivity contribution in [2.75, 3.05) is 45.7 Å². The monoisotopic (exact) mass is 567 g/mol. The van der Waals surface area contributed by atoms with Crippen LogP contribution in [-0.2, 0) is 11.3 Å². The van der Waals surface area contributed by atoms with Gasteiger partial charge >= 0.3 is 0 Å². The van der Waals surface area contributed by atoms with Crippen molar-refractivity contribution in [2.45, 2.75) is 13.5 Å². The molecule has 0 spiro atoms. The van der Waals surface area contributed by atoms with E-state index in [4.69, 9.17) is 9.47 Å². The lowest BCUT2D eigenvalue weighted by Gasteiger charge is -2.26. The van der Waals surface area contributed by atoms with Gasteiger partial charge in [0.15, 0.2) is 17.5 Å². The van der Waals surface area contributed by atoms with E-state index in [0.717, 1.165) is 11.3 Å². The lowest BCUT2D eigenvalue weighted by Crippen LogP contribution is -2.49. The third kappa shape index (κ3) is 7.24. The van der Waals surface area contributed by atoms with E-state index in [9.17, 15) is 9.59 Å². The second-order valence-electron chi connectivity index (χ2n) is 7.12. The van der Waals surface area contributed by atoms with Gasteiger partial charge in [-0.3, -0.25) is 14.6 Å². The van der Waals surface area contributed by atoms with Gasteiger partial charge in [0.2, 0.25) is 5.91 Å². The minimum Gasteiger partial charge on any atom is -0.493 e. The number of amides is 2. The first-order chi connectivity index (χ1) is 15.5. The summed E-state index contributed by atoms with van der Waals surface area (Å²) in [6, 6.07) is 12.9. The Bertz CT molecular complexity index is 981. The molecule has 178 valence electrons. The van der Waals surface area contributed by atoms with Gasteiger partial charge < -0.3 is 30.3 Å². The zero-order valence-electron chi connectivity index (χ0n) is 19.0. The van der Waals surface area contributed by atoms with Crippen molar-refractivity contribution in [1.82, 2.24) is 15.5 Å². The van der Waals surface area contributed by atoms with Crippen LogP contribution in [0.4, 0.5) is 5.69 Å². The fourth-order valence-electron chi connectivity index (χ4n) is 3.28. The second-order valence-corrected chi connectivity index (χ2v) is 7.12. The molecule has 0 saturated carbocycles. The molecule has 0 radical (unpaired) electrons. The fourth-order valence-corrected chi connectivity index (χ4v) is 3.28. The van der Waals surface area contributed by atoms with Crippen molar-refractivity contribution in [2.24, 2.45) is 4.99 Å². The summed E-state index contributed by atoms with van der Waals surface area (Å²) < 4.78 is 10.9. The van der Waals surface area contributed by atoms with Crippen LogP contribution in [-0.4, -0.2) is 63.1 Å². The van der Waals surface area contributed by atoms with Gasteiger partial charge in [-0.2, -0.15) is 0 Å². The lowest BCUT2D eigenvalue weighted by atomic mass is 10.1. The van der Waals surface area contributed by atoms with Crippen LogP contribution < -0.4 is 25.4 Å². The lowest BCUT2D eigenvalue weighted by molar-refractivity contribution is -0.123. The zero-order valence-corrected chi connectivity index (χ0v) is 21.3. The summed E-state index contributed by atoms with van der Waals surface area (Å²) in [5.74, 6) is 1.65. The molecule has 1 fully saturated rings. The highest BCUT2D eigenvalue weighted by Crippen LogP contribution is 2.30. The van der Waals surface area contributed by atoms with Crippen molar-refractivity contribution in [3.05, 3.63) is 53.6 Å². The molecule has 3 N–H and O–H groups in total. The molecule has 0 bridgehead atoms. The van der Waals surface area contributed by atoms with Crippen LogP contribution >= 0.6 is 24.0 Å². The van der Waals surface area contributed by atoms with E-state index in [-0.39, 0.29) is 42.3 Å². The van der Waals surface area contributed by atoms with Crippen molar-refractivity contribution < 1.29 is 19.1 Å². The van der Waals surface area contributed by atoms with Gasteiger partial charge in [0.1, 0.15) is 0 Å². The highest BCUT2D eigenvalue weighted by molar-refractivity contribution is 14.0. The van der Waals surface area contributed by atoms with Crippen LogP contribution in [0, 0.1) is 0 Å². The number of nitrogens with one attached hydrogen (secondary N) is 3. The number of nitrogens with zero attached hydrogens (tertiary/aromatic N) is 2. The third-order valence-corrected chi connectivity index (χ3v) is 4.94. The summed E-state index contributed by atoms with van der Waals surface area (Å²) in [7, 11) is 3.29. The van der Waals surface area contributed by atoms with E-state index in [1.165, 1.54) is 0 Å². The van der Waals surface area contributed by atoms with Gasteiger partial charge in [0, 0.05) is 44.0 Å². The summed E-state index contributed by atoms with van der Waals surface area (Å²) >= 11 is 0. The topological polar surface area (TPSA) is 104 Å². The predicted octanol–water partition coefficient (Wildman–Crippen LogP) is 2.47.